The number of aldehydes is 1. The topological polar surface area (TPSA) is 105 Å². The van der Waals surface area contributed by atoms with Crippen molar-refractivity contribution in [3.05, 3.63) is 0 Å². The van der Waals surface area contributed by atoms with Crippen molar-refractivity contribution in [2.45, 2.75) is 103 Å². The maximum atomic E-state index is 13.7. The van der Waals surface area contributed by atoms with Crippen LogP contribution in [0.2, 0.25) is 0 Å². The molecule has 2 unspecified atom stereocenters. The Labute approximate surface area is 191 Å². The van der Waals surface area contributed by atoms with Gasteiger partial charge in [0.25, 0.3) is 0 Å². The van der Waals surface area contributed by atoms with Gasteiger partial charge in [0.15, 0.2) is 0 Å². The fourth-order valence-corrected chi connectivity index (χ4v) is 5.09. The molecule has 2 saturated heterocycles. The number of fused-ring (bicyclic) bond motifs is 2. The number of alkyl carbamates (subject to hydrolysis) is 1. The maximum Gasteiger partial charge on any atom is 0.408 e. The van der Waals surface area contributed by atoms with Crippen molar-refractivity contribution in [2.75, 3.05) is 6.54 Å². The Morgan fingerprint density at radius 2 is 1.81 bits per heavy atom. The van der Waals surface area contributed by atoms with Crippen LogP contribution in [0.4, 0.5) is 4.79 Å². The number of rotatable bonds is 2. The molecule has 8 nitrogen and oxygen atoms in total. The number of amides is 3. The molecule has 0 spiro atoms. The molecule has 180 valence electrons. The third-order valence-electron chi connectivity index (χ3n) is 6.77. The van der Waals surface area contributed by atoms with Crippen molar-refractivity contribution in [2.24, 2.45) is 17.8 Å². The fraction of sp³-hybridized carbons (Fsp3) is 0.833. The highest BCUT2D eigenvalue weighted by Crippen LogP contribution is 2.46. The fourth-order valence-electron chi connectivity index (χ4n) is 5.09. The zero-order valence-corrected chi connectivity index (χ0v) is 19.9. The number of ether oxygens (including phenoxy) is 1. The van der Waals surface area contributed by atoms with Crippen LogP contribution < -0.4 is 10.6 Å². The van der Waals surface area contributed by atoms with Gasteiger partial charge in [-0.2, -0.15) is 0 Å². The highest BCUT2D eigenvalue weighted by molar-refractivity contribution is 5.93. The van der Waals surface area contributed by atoms with E-state index in [2.05, 4.69) is 10.6 Å². The van der Waals surface area contributed by atoms with Crippen LogP contribution in [0.25, 0.3) is 0 Å². The van der Waals surface area contributed by atoms with Gasteiger partial charge in [-0.1, -0.05) is 39.0 Å². The van der Waals surface area contributed by atoms with Crippen molar-refractivity contribution in [1.29, 1.82) is 0 Å². The monoisotopic (exact) mass is 449 g/mol. The molecule has 1 aliphatic carbocycles. The first-order valence-corrected chi connectivity index (χ1v) is 12.1. The Morgan fingerprint density at radius 3 is 2.47 bits per heavy atom. The molecule has 2 heterocycles. The smallest absolute Gasteiger partial charge is 0.408 e. The van der Waals surface area contributed by atoms with Gasteiger partial charge in [0.05, 0.1) is 6.04 Å². The lowest BCUT2D eigenvalue weighted by molar-refractivity contribution is -0.141. The second-order valence-corrected chi connectivity index (χ2v) is 10.9. The van der Waals surface area contributed by atoms with Gasteiger partial charge in [-0.15, -0.1) is 0 Å². The zero-order valence-electron chi connectivity index (χ0n) is 19.9. The average Bonchev–Trinajstić information content (AvgIpc) is 3.36. The van der Waals surface area contributed by atoms with E-state index in [-0.39, 0.29) is 23.7 Å². The molecular formula is C24H39N3O5. The minimum absolute atomic E-state index is 0.0717. The summed E-state index contributed by atoms with van der Waals surface area (Å²) >= 11 is 0. The molecule has 0 aromatic carbocycles. The largest absolute Gasteiger partial charge is 0.444 e. The van der Waals surface area contributed by atoms with Crippen molar-refractivity contribution in [3.63, 3.8) is 0 Å². The molecule has 1 saturated carbocycles. The molecule has 8 heteroatoms. The summed E-state index contributed by atoms with van der Waals surface area (Å²) < 4.78 is 5.42. The Morgan fingerprint density at radius 1 is 1.12 bits per heavy atom. The average molecular weight is 450 g/mol. The number of nitrogens with one attached hydrogen (secondary N) is 2. The summed E-state index contributed by atoms with van der Waals surface area (Å²) in [7, 11) is 0. The Kier molecular flexibility index (Phi) is 7.83. The lowest BCUT2D eigenvalue weighted by atomic mass is 10.0. The van der Waals surface area contributed by atoms with E-state index in [0.29, 0.717) is 25.3 Å². The van der Waals surface area contributed by atoms with E-state index in [1.54, 1.807) is 25.7 Å². The van der Waals surface area contributed by atoms with Gasteiger partial charge in [0, 0.05) is 6.54 Å². The molecule has 3 fully saturated rings. The molecule has 0 aromatic rings. The normalized spacial score (nSPS) is 34.3. The highest BCUT2D eigenvalue weighted by atomic mass is 16.6. The molecule has 3 amide bonds. The summed E-state index contributed by atoms with van der Waals surface area (Å²) in [5, 5.41) is 5.68. The molecule has 0 aromatic heterocycles. The van der Waals surface area contributed by atoms with Crippen LogP contribution in [0.5, 0.6) is 0 Å². The predicted molar refractivity (Wildman–Crippen MR) is 120 cm³/mol. The first-order chi connectivity index (χ1) is 15.1. The molecule has 0 bridgehead atoms. The van der Waals surface area contributed by atoms with Crippen LogP contribution in [-0.4, -0.2) is 59.4 Å². The van der Waals surface area contributed by atoms with Gasteiger partial charge < -0.3 is 25.1 Å². The van der Waals surface area contributed by atoms with Crippen LogP contribution in [-0.2, 0) is 19.1 Å². The van der Waals surface area contributed by atoms with Crippen LogP contribution in [0.15, 0.2) is 0 Å². The van der Waals surface area contributed by atoms with Crippen LogP contribution in [0, 0.1) is 17.8 Å². The second-order valence-electron chi connectivity index (χ2n) is 10.9. The van der Waals surface area contributed by atoms with E-state index >= 15 is 0 Å². The van der Waals surface area contributed by atoms with E-state index in [4.69, 9.17) is 4.74 Å². The van der Waals surface area contributed by atoms with E-state index in [0.717, 1.165) is 44.8 Å². The van der Waals surface area contributed by atoms with E-state index < -0.39 is 29.8 Å². The van der Waals surface area contributed by atoms with Gasteiger partial charge in [-0.05, 0) is 57.8 Å². The van der Waals surface area contributed by atoms with Crippen molar-refractivity contribution in [3.8, 4) is 0 Å². The zero-order chi connectivity index (χ0) is 23.5. The van der Waals surface area contributed by atoms with E-state index in [1.807, 2.05) is 6.92 Å². The number of hydrogen-bond acceptors (Lipinski definition) is 5. The quantitative estimate of drug-likeness (QED) is 0.631. The number of carbonyl (C=O) groups is 4. The van der Waals surface area contributed by atoms with Crippen molar-refractivity contribution >= 4 is 24.2 Å². The molecule has 2 aliphatic heterocycles. The minimum Gasteiger partial charge on any atom is -0.444 e. The first kappa shape index (κ1) is 24.5. The van der Waals surface area contributed by atoms with E-state index in [9.17, 15) is 19.2 Å². The lowest BCUT2D eigenvalue weighted by Gasteiger charge is -2.30. The SMILES string of the molecule is C[C@@H]1C[C@H]2C(=O)N[C@H](C=O)CCCCCCC3CC3[C@H](NC(=O)OC(C)(C)C)C(=O)N2C1. The van der Waals surface area contributed by atoms with Crippen LogP contribution in [0.3, 0.4) is 0 Å². The third kappa shape index (κ3) is 6.45. The summed E-state index contributed by atoms with van der Waals surface area (Å²) in [6.07, 6.45) is 7.34. The summed E-state index contributed by atoms with van der Waals surface area (Å²) in [5.74, 6) is 0.144. The third-order valence-corrected chi connectivity index (χ3v) is 6.77. The molecule has 3 aliphatic rings. The summed E-state index contributed by atoms with van der Waals surface area (Å²) in [6, 6.07) is -1.84. The highest BCUT2D eigenvalue weighted by Gasteiger charge is 2.50. The van der Waals surface area contributed by atoms with Crippen LogP contribution in [0.1, 0.15) is 79.1 Å². The Hall–Kier alpha value is -2.12. The van der Waals surface area contributed by atoms with Gasteiger partial charge in [-0.3, -0.25) is 9.59 Å². The summed E-state index contributed by atoms with van der Waals surface area (Å²) in [4.78, 5) is 52.3. The van der Waals surface area contributed by atoms with Gasteiger partial charge in [-0.25, -0.2) is 4.79 Å². The first-order valence-electron chi connectivity index (χ1n) is 12.1. The summed E-state index contributed by atoms with van der Waals surface area (Å²) in [5.41, 5.74) is -0.662. The molecule has 0 radical (unpaired) electrons. The molecule has 6 atom stereocenters. The van der Waals surface area contributed by atoms with Crippen LogP contribution >= 0.6 is 0 Å². The summed E-state index contributed by atoms with van der Waals surface area (Å²) in [6.45, 7) is 7.84. The molecule has 2 N–H and O–H groups in total. The van der Waals surface area contributed by atoms with Crippen molar-refractivity contribution < 1.29 is 23.9 Å². The standard InChI is InChI=1S/C24H39N3O5/c1-15-11-19-21(29)25-17(14-28)10-8-6-5-7-9-16-12-18(16)20(22(30)27(19)13-15)26-23(31)32-24(2,3)4/h14-20H,5-13H2,1-4H3,(H,25,29)(H,26,31)/t15-,16?,17+,18?,19+,20+/m1/s1. The molecular weight excluding hydrogens is 410 g/mol. The number of carbonyl (C=O) groups excluding carboxylic acids is 4. The van der Waals surface area contributed by atoms with E-state index in [1.165, 1.54) is 0 Å². The molecule has 3 rings (SSSR count). The van der Waals surface area contributed by atoms with Crippen molar-refractivity contribution in [1.82, 2.24) is 15.5 Å². The molecule has 32 heavy (non-hydrogen) atoms. The Bertz CT molecular complexity index is 719. The Balaban J connectivity index is 1.82. The maximum absolute atomic E-state index is 13.7. The predicted octanol–water partition coefficient (Wildman–Crippen LogP) is 2.79. The van der Waals surface area contributed by atoms with Gasteiger partial charge >= 0.3 is 6.09 Å². The lowest BCUT2D eigenvalue weighted by Crippen LogP contribution is -2.56. The number of nitrogens with zero attached hydrogens (tertiary/aromatic N) is 1. The van der Waals surface area contributed by atoms with Gasteiger partial charge in [0.2, 0.25) is 11.8 Å². The van der Waals surface area contributed by atoms with Gasteiger partial charge in [0.1, 0.15) is 24.0 Å². The minimum atomic E-state index is -0.692. The number of hydrogen-bond donors (Lipinski definition) is 2. The second kappa shape index (κ2) is 10.2.